The van der Waals surface area contributed by atoms with Gasteiger partial charge in [-0.05, 0) is 41.8 Å². The molecule has 0 aliphatic carbocycles. The molecule has 3 heterocycles. The first-order valence-electron chi connectivity index (χ1n) is 10.4. The van der Waals surface area contributed by atoms with Crippen LogP contribution in [0.2, 0.25) is 0 Å². The molecule has 2 aromatic heterocycles. The molecule has 33 heavy (non-hydrogen) atoms. The average Bonchev–Trinajstić information content (AvgIpc) is 3.60. The number of carbonyl (C=O) groups is 2. The molecular weight excluding hydrogens is 436 g/mol. The number of aromatic nitrogens is 2. The number of benzene rings is 2. The number of hydrogen-bond donors (Lipinski definition) is 1. The fourth-order valence-electron chi connectivity index (χ4n) is 3.59. The molecule has 164 valence electrons. The summed E-state index contributed by atoms with van der Waals surface area (Å²) in [5.74, 6) is -0.306. The lowest BCUT2D eigenvalue weighted by Crippen LogP contribution is -2.25. The van der Waals surface area contributed by atoms with E-state index >= 15 is 0 Å². The third-order valence-corrected chi connectivity index (χ3v) is 6.02. The molecule has 0 saturated carbocycles. The fourth-order valence-corrected chi connectivity index (χ4v) is 4.33. The van der Waals surface area contributed by atoms with E-state index in [-0.39, 0.29) is 5.91 Å². The smallest absolute Gasteiger partial charge is 0.414 e. The van der Waals surface area contributed by atoms with Crippen molar-refractivity contribution in [2.24, 2.45) is 0 Å². The summed E-state index contributed by atoms with van der Waals surface area (Å²) >= 11 is 1.59. The van der Waals surface area contributed by atoms with Crippen LogP contribution in [0.15, 0.2) is 84.4 Å². The topological polar surface area (TPSA) is 76.5 Å². The Morgan fingerprint density at radius 3 is 2.64 bits per heavy atom. The normalized spacial score (nSPS) is 13.5. The zero-order chi connectivity index (χ0) is 22.6. The average molecular weight is 457 g/mol. The highest BCUT2D eigenvalue weighted by Gasteiger charge is 2.25. The Hall–Kier alpha value is -4.17. The molecule has 1 aliphatic heterocycles. The van der Waals surface area contributed by atoms with Crippen LogP contribution in [0.3, 0.4) is 0 Å². The number of cyclic esters (lactones) is 1. The standard InChI is InChI=1S/C25H20N4O3S/c30-23(26-20-9-4-5-10-21(20)28-14-15-32-25(28)31)13-12-18-17-29(19-7-2-1-3-8-19)27-24(18)22-11-6-16-33-22/h1-13,16-17H,14-15H2,(H,26,30)/b13-12+. The third-order valence-electron chi connectivity index (χ3n) is 5.15. The number of rotatable bonds is 6. The van der Waals surface area contributed by atoms with Gasteiger partial charge < -0.3 is 10.1 Å². The Bertz CT molecular complexity index is 1310. The van der Waals surface area contributed by atoms with Gasteiger partial charge in [0.15, 0.2) is 0 Å². The Morgan fingerprint density at radius 2 is 1.88 bits per heavy atom. The quantitative estimate of drug-likeness (QED) is 0.404. The molecule has 1 aliphatic rings. The summed E-state index contributed by atoms with van der Waals surface area (Å²) in [6.45, 7) is 0.780. The number of ether oxygens (including phenoxy) is 1. The molecule has 1 N–H and O–H groups in total. The maximum Gasteiger partial charge on any atom is 0.414 e. The van der Waals surface area contributed by atoms with Gasteiger partial charge in [-0.3, -0.25) is 9.69 Å². The van der Waals surface area contributed by atoms with Crippen molar-refractivity contribution < 1.29 is 14.3 Å². The van der Waals surface area contributed by atoms with Gasteiger partial charge >= 0.3 is 6.09 Å². The minimum absolute atomic E-state index is 0.306. The van der Waals surface area contributed by atoms with Crippen LogP contribution in [0.1, 0.15) is 5.56 Å². The zero-order valence-corrected chi connectivity index (χ0v) is 18.4. The summed E-state index contributed by atoms with van der Waals surface area (Å²) in [7, 11) is 0. The largest absolute Gasteiger partial charge is 0.447 e. The van der Waals surface area contributed by atoms with Gasteiger partial charge in [0.2, 0.25) is 5.91 Å². The number of nitrogens with zero attached hydrogens (tertiary/aromatic N) is 3. The Balaban J connectivity index is 1.40. The number of amides is 2. The van der Waals surface area contributed by atoms with Crippen molar-refractivity contribution in [2.45, 2.75) is 0 Å². The molecule has 7 nitrogen and oxygen atoms in total. The molecule has 0 radical (unpaired) electrons. The van der Waals surface area contributed by atoms with E-state index in [0.717, 1.165) is 21.8 Å². The fraction of sp³-hybridized carbons (Fsp3) is 0.0800. The van der Waals surface area contributed by atoms with Crippen LogP contribution >= 0.6 is 11.3 Å². The van der Waals surface area contributed by atoms with E-state index in [9.17, 15) is 9.59 Å². The number of para-hydroxylation sites is 3. The van der Waals surface area contributed by atoms with Gasteiger partial charge in [-0.15, -0.1) is 11.3 Å². The van der Waals surface area contributed by atoms with E-state index in [2.05, 4.69) is 5.32 Å². The molecule has 4 aromatic rings. The first-order valence-corrected chi connectivity index (χ1v) is 11.3. The van der Waals surface area contributed by atoms with Crippen LogP contribution in [0.4, 0.5) is 16.2 Å². The van der Waals surface area contributed by atoms with E-state index < -0.39 is 6.09 Å². The van der Waals surface area contributed by atoms with E-state index in [1.807, 2.05) is 66.2 Å². The van der Waals surface area contributed by atoms with Gasteiger partial charge in [-0.2, -0.15) is 5.10 Å². The van der Waals surface area contributed by atoms with Crippen LogP contribution in [0, 0.1) is 0 Å². The minimum atomic E-state index is -0.416. The van der Waals surface area contributed by atoms with E-state index in [1.165, 1.54) is 11.0 Å². The third kappa shape index (κ3) is 4.42. The lowest BCUT2D eigenvalue weighted by atomic mass is 10.2. The van der Waals surface area contributed by atoms with Crippen LogP contribution in [0.25, 0.3) is 22.3 Å². The summed E-state index contributed by atoms with van der Waals surface area (Å²) in [6.07, 6.45) is 4.72. The molecule has 0 unspecified atom stereocenters. The monoisotopic (exact) mass is 456 g/mol. The number of anilines is 2. The van der Waals surface area contributed by atoms with Crippen molar-refractivity contribution in [3.63, 3.8) is 0 Å². The van der Waals surface area contributed by atoms with Gasteiger partial charge in [-0.25, -0.2) is 9.48 Å². The SMILES string of the molecule is O=C(/C=C/c1cn(-c2ccccc2)nc1-c1cccs1)Nc1ccccc1N1CCOC1=O. The lowest BCUT2D eigenvalue weighted by molar-refractivity contribution is -0.111. The molecule has 0 spiro atoms. The van der Waals surface area contributed by atoms with Crippen LogP contribution < -0.4 is 10.2 Å². The van der Waals surface area contributed by atoms with Crippen LogP contribution in [-0.2, 0) is 9.53 Å². The molecular formula is C25H20N4O3S. The molecule has 8 heteroatoms. The van der Waals surface area contributed by atoms with Crippen LogP contribution in [0.5, 0.6) is 0 Å². The van der Waals surface area contributed by atoms with Crippen molar-refractivity contribution in [2.75, 3.05) is 23.4 Å². The van der Waals surface area contributed by atoms with Crippen LogP contribution in [-0.4, -0.2) is 34.9 Å². The summed E-state index contributed by atoms with van der Waals surface area (Å²) in [4.78, 5) is 27.2. The molecule has 1 saturated heterocycles. The highest BCUT2D eigenvalue weighted by atomic mass is 32.1. The zero-order valence-electron chi connectivity index (χ0n) is 17.5. The summed E-state index contributed by atoms with van der Waals surface area (Å²) in [5, 5.41) is 9.61. The minimum Gasteiger partial charge on any atom is -0.447 e. The van der Waals surface area contributed by atoms with E-state index in [1.54, 1.807) is 34.2 Å². The Morgan fingerprint density at radius 1 is 1.06 bits per heavy atom. The molecule has 2 amide bonds. The van der Waals surface area contributed by atoms with E-state index in [0.29, 0.717) is 24.5 Å². The van der Waals surface area contributed by atoms with Crippen molar-refractivity contribution in [1.29, 1.82) is 0 Å². The Labute approximate surface area is 194 Å². The maximum atomic E-state index is 12.8. The number of nitrogens with one attached hydrogen (secondary N) is 1. The first kappa shape index (κ1) is 20.7. The second-order valence-corrected chi connectivity index (χ2v) is 8.24. The molecule has 0 atom stereocenters. The first-order chi connectivity index (χ1) is 16.2. The molecule has 5 rings (SSSR count). The predicted octanol–water partition coefficient (Wildman–Crippen LogP) is 5.21. The highest BCUT2D eigenvalue weighted by molar-refractivity contribution is 7.13. The van der Waals surface area contributed by atoms with Crippen molar-refractivity contribution in [1.82, 2.24) is 9.78 Å². The van der Waals surface area contributed by atoms with Crippen molar-refractivity contribution in [3.05, 3.63) is 89.9 Å². The number of carbonyl (C=O) groups excluding carboxylic acids is 2. The van der Waals surface area contributed by atoms with Crippen molar-refractivity contribution in [3.8, 4) is 16.3 Å². The summed E-state index contributed by atoms with van der Waals surface area (Å²) in [5.41, 5.74) is 3.72. The lowest BCUT2D eigenvalue weighted by Gasteiger charge is -2.17. The van der Waals surface area contributed by atoms with Gasteiger partial charge in [0.1, 0.15) is 12.3 Å². The summed E-state index contributed by atoms with van der Waals surface area (Å²) in [6, 6.07) is 21.0. The van der Waals surface area contributed by atoms with Gasteiger partial charge in [0.05, 0.1) is 28.5 Å². The van der Waals surface area contributed by atoms with Gasteiger partial charge in [0.25, 0.3) is 0 Å². The second kappa shape index (κ2) is 9.13. The van der Waals surface area contributed by atoms with Gasteiger partial charge in [-0.1, -0.05) is 36.4 Å². The number of thiophene rings is 1. The maximum absolute atomic E-state index is 12.8. The molecule has 2 aromatic carbocycles. The molecule has 0 bridgehead atoms. The summed E-state index contributed by atoms with van der Waals surface area (Å²) < 4.78 is 6.83. The second-order valence-electron chi connectivity index (χ2n) is 7.30. The predicted molar refractivity (Wildman–Crippen MR) is 130 cm³/mol. The van der Waals surface area contributed by atoms with Crippen molar-refractivity contribution >= 4 is 40.8 Å². The highest BCUT2D eigenvalue weighted by Crippen LogP contribution is 2.30. The molecule has 1 fully saturated rings. The number of hydrogen-bond acceptors (Lipinski definition) is 5. The van der Waals surface area contributed by atoms with Gasteiger partial charge in [0, 0.05) is 17.8 Å². The Kier molecular flexibility index (Phi) is 5.73. The van der Waals surface area contributed by atoms with E-state index in [4.69, 9.17) is 9.84 Å².